The van der Waals surface area contributed by atoms with Crippen LogP contribution in [0.2, 0.25) is 5.02 Å². The van der Waals surface area contributed by atoms with Crippen LogP contribution in [0.5, 0.6) is 5.88 Å². The topological polar surface area (TPSA) is 95.5 Å². The average Bonchev–Trinajstić information content (AvgIpc) is 2.93. The molecule has 0 bridgehead atoms. The molecule has 0 unspecified atom stereocenters. The molecule has 1 amide bonds. The summed E-state index contributed by atoms with van der Waals surface area (Å²) in [5.41, 5.74) is 3.50. The smallest absolute Gasteiger partial charge is 0.247 e. The lowest BCUT2D eigenvalue weighted by molar-refractivity contribution is -0.111. The van der Waals surface area contributed by atoms with Crippen LogP contribution < -0.4 is 20.3 Å². The number of aromatic nitrogens is 3. The van der Waals surface area contributed by atoms with Crippen molar-refractivity contribution in [2.24, 2.45) is 0 Å². The van der Waals surface area contributed by atoms with Gasteiger partial charge in [0.25, 0.3) is 0 Å². The molecule has 0 saturated carbocycles. The molecule has 0 radical (unpaired) electrons. The van der Waals surface area contributed by atoms with Crippen LogP contribution in [0.3, 0.4) is 0 Å². The number of pyridine rings is 1. The Hall–Kier alpha value is -4.21. The molecule has 10 heteroatoms. The summed E-state index contributed by atoms with van der Waals surface area (Å²) in [7, 11) is 3.72. The molecule has 3 heterocycles. The van der Waals surface area contributed by atoms with Crippen molar-refractivity contribution in [2.75, 3.05) is 55.9 Å². The summed E-state index contributed by atoms with van der Waals surface area (Å²) in [6.45, 7) is 7.31. The summed E-state index contributed by atoms with van der Waals surface area (Å²) in [4.78, 5) is 30.4. The van der Waals surface area contributed by atoms with Gasteiger partial charge in [0.1, 0.15) is 11.5 Å². The molecule has 38 heavy (non-hydrogen) atoms. The van der Waals surface area contributed by atoms with Crippen LogP contribution in [0, 0.1) is 0 Å². The lowest BCUT2D eigenvalue weighted by Crippen LogP contribution is -2.44. The lowest BCUT2D eigenvalue weighted by Gasteiger charge is -2.33. The fourth-order valence-electron chi connectivity index (χ4n) is 4.37. The SMILES string of the molecule is C=CC(=O)Nc1cccc(-c2c(Cl)ccc3cnc(Nc4ccc(N5CCN(C)CC5)nc4OC)nc23)c1. The van der Waals surface area contributed by atoms with Crippen LogP contribution in [0.1, 0.15) is 0 Å². The van der Waals surface area contributed by atoms with Crippen molar-refractivity contribution in [3.05, 3.63) is 72.4 Å². The van der Waals surface area contributed by atoms with Gasteiger partial charge in [-0.2, -0.15) is 4.98 Å². The van der Waals surface area contributed by atoms with Crippen molar-refractivity contribution in [3.8, 4) is 17.0 Å². The van der Waals surface area contributed by atoms with E-state index < -0.39 is 0 Å². The van der Waals surface area contributed by atoms with Crippen LogP contribution in [0.25, 0.3) is 22.0 Å². The number of amides is 1. The zero-order chi connectivity index (χ0) is 26.6. The van der Waals surface area contributed by atoms with Crippen molar-refractivity contribution >= 4 is 51.6 Å². The third-order valence-corrected chi connectivity index (χ3v) is 6.73. The van der Waals surface area contributed by atoms with Crippen molar-refractivity contribution in [1.29, 1.82) is 0 Å². The second-order valence-electron chi connectivity index (χ2n) is 8.97. The quantitative estimate of drug-likeness (QED) is 0.324. The Balaban J connectivity index is 1.48. The Kier molecular flexibility index (Phi) is 7.39. The predicted molar refractivity (Wildman–Crippen MR) is 153 cm³/mol. The van der Waals surface area contributed by atoms with Gasteiger partial charge >= 0.3 is 0 Å². The fourth-order valence-corrected chi connectivity index (χ4v) is 4.63. The van der Waals surface area contributed by atoms with Gasteiger partial charge in [-0.3, -0.25) is 4.79 Å². The summed E-state index contributed by atoms with van der Waals surface area (Å²) in [5.74, 6) is 1.42. The first-order valence-corrected chi connectivity index (χ1v) is 12.6. The highest BCUT2D eigenvalue weighted by Crippen LogP contribution is 2.36. The van der Waals surface area contributed by atoms with Gasteiger partial charge in [-0.1, -0.05) is 30.3 Å². The van der Waals surface area contributed by atoms with Crippen molar-refractivity contribution < 1.29 is 9.53 Å². The van der Waals surface area contributed by atoms with Gasteiger partial charge in [-0.05, 0) is 55.1 Å². The molecule has 5 rings (SSSR count). The van der Waals surface area contributed by atoms with Crippen LogP contribution in [0.15, 0.2) is 67.4 Å². The van der Waals surface area contributed by atoms with E-state index in [1.807, 2.05) is 42.5 Å². The molecule has 2 aromatic heterocycles. The number of anilines is 4. The van der Waals surface area contributed by atoms with Gasteiger partial charge in [0.15, 0.2) is 0 Å². The molecule has 2 aromatic carbocycles. The van der Waals surface area contributed by atoms with Gasteiger partial charge in [-0.15, -0.1) is 0 Å². The number of hydrogen-bond acceptors (Lipinski definition) is 8. The lowest BCUT2D eigenvalue weighted by atomic mass is 10.0. The Labute approximate surface area is 226 Å². The molecule has 0 spiro atoms. The van der Waals surface area contributed by atoms with Crippen LogP contribution >= 0.6 is 11.6 Å². The molecule has 1 aliphatic heterocycles. The van der Waals surface area contributed by atoms with E-state index in [0.717, 1.165) is 48.5 Å². The Bertz CT molecular complexity index is 1500. The molecule has 1 aliphatic rings. The Morgan fingerprint density at radius 3 is 2.68 bits per heavy atom. The van der Waals surface area contributed by atoms with Crippen LogP contribution in [-0.4, -0.2) is 66.1 Å². The number of benzene rings is 2. The van der Waals surface area contributed by atoms with E-state index in [4.69, 9.17) is 26.3 Å². The summed E-state index contributed by atoms with van der Waals surface area (Å²) < 4.78 is 5.60. The third-order valence-electron chi connectivity index (χ3n) is 6.42. The largest absolute Gasteiger partial charge is 0.479 e. The molecule has 1 fully saturated rings. The summed E-state index contributed by atoms with van der Waals surface area (Å²) >= 11 is 6.66. The molecule has 1 saturated heterocycles. The van der Waals surface area contributed by atoms with E-state index >= 15 is 0 Å². The van der Waals surface area contributed by atoms with Crippen molar-refractivity contribution in [2.45, 2.75) is 0 Å². The van der Waals surface area contributed by atoms with E-state index in [2.05, 4.69) is 39.0 Å². The van der Waals surface area contributed by atoms with E-state index in [1.165, 1.54) is 6.08 Å². The van der Waals surface area contributed by atoms with E-state index in [1.54, 1.807) is 19.4 Å². The molecule has 9 nitrogen and oxygen atoms in total. The number of carbonyl (C=O) groups is 1. The average molecular weight is 530 g/mol. The normalized spacial score (nSPS) is 13.8. The molecule has 0 atom stereocenters. The summed E-state index contributed by atoms with van der Waals surface area (Å²) in [6.07, 6.45) is 2.97. The summed E-state index contributed by atoms with van der Waals surface area (Å²) in [5, 5.41) is 7.39. The second-order valence-corrected chi connectivity index (χ2v) is 9.38. The number of likely N-dealkylation sites (N-methyl/N-ethyl adjacent to an activating group) is 1. The van der Waals surface area contributed by atoms with Gasteiger partial charge in [-0.25, -0.2) is 9.97 Å². The number of halogens is 1. The minimum absolute atomic E-state index is 0.291. The number of nitrogens with zero attached hydrogens (tertiary/aromatic N) is 5. The zero-order valence-corrected chi connectivity index (χ0v) is 22.0. The molecular formula is C28H28ClN7O2. The van der Waals surface area contributed by atoms with E-state index in [-0.39, 0.29) is 5.91 Å². The van der Waals surface area contributed by atoms with Gasteiger partial charge in [0.2, 0.25) is 17.7 Å². The maximum absolute atomic E-state index is 11.8. The Morgan fingerprint density at radius 1 is 1.11 bits per heavy atom. The predicted octanol–water partition coefficient (Wildman–Crippen LogP) is 4.97. The monoisotopic (exact) mass is 529 g/mol. The molecule has 4 aromatic rings. The van der Waals surface area contributed by atoms with Crippen LogP contribution in [-0.2, 0) is 4.79 Å². The molecule has 2 N–H and O–H groups in total. The maximum Gasteiger partial charge on any atom is 0.247 e. The highest BCUT2D eigenvalue weighted by Gasteiger charge is 2.18. The number of ether oxygens (including phenoxy) is 1. The number of carbonyl (C=O) groups excluding carboxylic acids is 1. The van der Waals surface area contributed by atoms with Crippen molar-refractivity contribution in [3.63, 3.8) is 0 Å². The number of hydrogen-bond donors (Lipinski definition) is 2. The number of rotatable bonds is 7. The first-order valence-electron chi connectivity index (χ1n) is 12.2. The van der Waals surface area contributed by atoms with Gasteiger partial charge in [0, 0.05) is 49.0 Å². The highest BCUT2D eigenvalue weighted by molar-refractivity contribution is 6.35. The number of piperazine rings is 1. The third kappa shape index (κ3) is 5.39. The first kappa shape index (κ1) is 25.4. The molecular weight excluding hydrogens is 502 g/mol. The second kappa shape index (κ2) is 11.0. The minimum atomic E-state index is -0.291. The van der Waals surface area contributed by atoms with E-state index in [9.17, 15) is 4.79 Å². The minimum Gasteiger partial charge on any atom is -0.479 e. The highest BCUT2D eigenvalue weighted by atomic mass is 35.5. The molecule has 194 valence electrons. The fraction of sp³-hybridized carbons (Fsp3) is 0.214. The standard InChI is InChI=1S/C28H28ClN7O2/c1-4-24(37)31-20-7-5-6-18(16-20)25-21(29)9-8-19-17-30-28(34-26(19)25)32-22-10-11-23(33-27(22)38-3)36-14-12-35(2)13-15-36/h4-11,16-17H,1,12-15H2,2-3H3,(H,31,37)(H,30,32,34). The summed E-state index contributed by atoms with van der Waals surface area (Å²) in [6, 6.07) is 15.0. The zero-order valence-electron chi connectivity index (χ0n) is 21.2. The maximum atomic E-state index is 11.8. The first-order chi connectivity index (χ1) is 18.4. The molecule has 0 aliphatic carbocycles. The number of methoxy groups -OCH3 is 1. The number of fused-ring (bicyclic) bond motifs is 1. The van der Waals surface area contributed by atoms with Gasteiger partial charge < -0.3 is 25.2 Å². The van der Waals surface area contributed by atoms with Crippen LogP contribution in [0.4, 0.5) is 23.1 Å². The van der Waals surface area contributed by atoms with E-state index in [0.29, 0.717) is 33.7 Å². The number of nitrogens with one attached hydrogen (secondary N) is 2. The van der Waals surface area contributed by atoms with Gasteiger partial charge in [0.05, 0.1) is 17.6 Å². The van der Waals surface area contributed by atoms with Crippen molar-refractivity contribution in [1.82, 2.24) is 19.9 Å². The Morgan fingerprint density at radius 2 is 1.92 bits per heavy atom.